The Kier molecular flexibility index (Phi) is 3.55. The SMILES string of the molecule is COc1ccc2nc(NC(=O)c3ccc(-c4ccco4)o3)sc2c1. The number of amides is 1. The number of furan rings is 2. The molecule has 0 saturated heterocycles. The predicted octanol–water partition coefficient (Wildman–Crippen LogP) is 4.41. The second-order valence-electron chi connectivity index (χ2n) is 4.95. The number of ether oxygens (including phenoxy) is 1. The zero-order valence-corrected chi connectivity index (χ0v) is 13.4. The fraction of sp³-hybridized carbons (Fsp3) is 0.0588. The number of methoxy groups -OCH3 is 1. The monoisotopic (exact) mass is 340 g/mol. The third-order valence-corrected chi connectivity index (χ3v) is 4.34. The Hall–Kier alpha value is -3.06. The molecule has 0 fully saturated rings. The summed E-state index contributed by atoms with van der Waals surface area (Å²) < 4.78 is 16.9. The lowest BCUT2D eigenvalue weighted by Crippen LogP contribution is -2.10. The first-order chi connectivity index (χ1) is 11.7. The fourth-order valence-corrected chi connectivity index (χ4v) is 3.14. The third-order valence-electron chi connectivity index (χ3n) is 3.41. The van der Waals surface area contributed by atoms with Gasteiger partial charge in [-0.15, -0.1) is 0 Å². The van der Waals surface area contributed by atoms with Gasteiger partial charge in [0.1, 0.15) is 5.75 Å². The molecule has 3 aromatic heterocycles. The van der Waals surface area contributed by atoms with Gasteiger partial charge in [0, 0.05) is 0 Å². The Balaban J connectivity index is 1.55. The predicted molar refractivity (Wildman–Crippen MR) is 90.5 cm³/mol. The van der Waals surface area contributed by atoms with Crippen molar-refractivity contribution >= 4 is 32.6 Å². The summed E-state index contributed by atoms with van der Waals surface area (Å²) in [6.07, 6.45) is 1.55. The highest BCUT2D eigenvalue weighted by Crippen LogP contribution is 2.30. The summed E-state index contributed by atoms with van der Waals surface area (Å²) in [4.78, 5) is 16.7. The number of carbonyl (C=O) groups is 1. The highest BCUT2D eigenvalue weighted by atomic mass is 32.1. The van der Waals surface area contributed by atoms with E-state index >= 15 is 0 Å². The molecule has 3 heterocycles. The molecule has 0 radical (unpaired) electrons. The van der Waals surface area contributed by atoms with Crippen LogP contribution in [0.2, 0.25) is 0 Å². The van der Waals surface area contributed by atoms with Gasteiger partial charge in [-0.25, -0.2) is 4.98 Å². The van der Waals surface area contributed by atoms with Crippen LogP contribution in [0.15, 0.2) is 57.6 Å². The van der Waals surface area contributed by atoms with Gasteiger partial charge in [0.05, 0.1) is 23.6 Å². The molecule has 7 heteroatoms. The maximum absolute atomic E-state index is 12.3. The minimum atomic E-state index is -0.362. The van der Waals surface area contributed by atoms with Crippen LogP contribution < -0.4 is 10.1 Å². The molecular formula is C17H12N2O4S. The fourth-order valence-electron chi connectivity index (χ4n) is 2.26. The zero-order valence-electron chi connectivity index (χ0n) is 12.6. The number of thiazole rings is 1. The molecule has 0 aliphatic rings. The van der Waals surface area contributed by atoms with E-state index in [2.05, 4.69) is 10.3 Å². The number of nitrogens with zero attached hydrogens (tertiary/aromatic N) is 1. The number of carbonyl (C=O) groups excluding carboxylic acids is 1. The Morgan fingerprint density at radius 3 is 2.92 bits per heavy atom. The molecule has 0 saturated carbocycles. The summed E-state index contributed by atoms with van der Waals surface area (Å²) in [5, 5.41) is 3.25. The molecule has 0 spiro atoms. The number of rotatable bonds is 4. The summed E-state index contributed by atoms with van der Waals surface area (Å²) >= 11 is 1.37. The first-order valence-electron chi connectivity index (χ1n) is 7.12. The van der Waals surface area contributed by atoms with Gasteiger partial charge in [-0.05, 0) is 42.5 Å². The van der Waals surface area contributed by atoms with E-state index in [0.29, 0.717) is 16.7 Å². The van der Waals surface area contributed by atoms with Crippen LogP contribution in [0.25, 0.3) is 21.7 Å². The molecule has 0 atom stereocenters. The normalized spacial score (nSPS) is 10.9. The Labute approximate surface area is 140 Å². The standard InChI is InChI=1S/C17H12N2O4S/c1-21-10-4-5-11-15(9-10)24-17(18-11)19-16(20)14-7-6-13(23-14)12-3-2-8-22-12/h2-9H,1H3,(H,18,19,20). The molecule has 6 nitrogen and oxygen atoms in total. The van der Waals surface area contributed by atoms with E-state index in [4.69, 9.17) is 13.6 Å². The molecular weight excluding hydrogens is 328 g/mol. The average Bonchev–Trinajstić information content (AvgIpc) is 3.32. The topological polar surface area (TPSA) is 77.5 Å². The van der Waals surface area contributed by atoms with Gasteiger partial charge in [-0.2, -0.15) is 0 Å². The van der Waals surface area contributed by atoms with E-state index in [1.807, 2.05) is 18.2 Å². The van der Waals surface area contributed by atoms with Crippen molar-refractivity contribution in [3.8, 4) is 17.3 Å². The van der Waals surface area contributed by atoms with Crippen LogP contribution in [0.3, 0.4) is 0 Å². The van der Waals surface area contributed by atoms with E-state index in [0.717, 1.165) is 16.0 Å². The lowest BCUT2D eigenvalue weighted by Gasteiger charge is -1.97. The van der Waals surface area contributed by atoms with Crippen molar-refractivity contribution in [2.24, 2.45) is 0 Å². The number of benzene rings is 1. The molecule has 4 rings (SSSR count). The van der Waals surface area contributed by atoms with Crippen LogP contribution in [0.1, 0.15) is 10.6 Å². The molecule has 4 aromatic rings. The van der Waals surface area contributed by atoms with Crippen molar-refractivity contribution in [3.05, 3.63) is 54.5 Å². The number of hydrogen-bond donors (Lipinski definition) is 1. The largest absolute Gasteiger partial charge is 0.497 e. The van der Waals surface area contributed by atoms with Gasteiger partial charge in [-0.3, -0.25) is 10.1 Å². The lowest BCUT2D eigenvalue weighted by atomic mass is 10.3. The van der Waals surface area contributed by atoms with Crippen LogP contribution in [0, 0.1) is 0 Å². The molecule has 1 N–H and O–H groups in total. The number of anilines is 1. The Bertz CT molecular complexity index is 1000. The van der Waals surface area contributed by atoms with Gasteiger partial charge < -0.3 is 13.6 Å². The number of hydrogen-bond acceptors (Lipinski definition) is 6. The van der Waals surface area contributed by atoms with Crippen LogP contribution >= 0.6 is 11.3 Å². The van der Waals surface area contributed by atoms with E-state index in [9.17, 15) is 4.79 Å². The van der Waals surface area contributed by atoms with Crippen molar-refractivity contribution in [1.29, 1.82) is 0 Å². The summed E-state index contributed by atoms with van der Waals surface area (Å²) in [5.74, 6) is 1.65. The van der Waals surface area contributed by atoms with Gasteiger partial charge in [0.15, 0.2) is 22.4 Å². The number of aromatic nitrogens is 1. The summed E-state index contributed by atoms with van der Waals surface area (Å²) in [7, 11) is 1.61. The molecule has 0 aliphatic carbocycles. The highest BCUT2D eigenvalue weighted by Gasteiger charge is 2.15. The lowest BCUT2D eigenvalue weighted by molar-refractivity contribution is 0.0997. The minimum absolute atomic E-state index is 0.193. The smallest absolute Gasteiger partial charge is 0.293 e. The van der Waals surface area contributed by atoms with Gasteiger partial charge in [0.2, 0.25) is 0 Å². The van der Waals surface area contributed by atoms with Crippen LogP contribution in [-0.4, -0.2) is 18.0 Å². The maximum atomic E-state index is 12.3. The summed E-state index contributed by atoms with van der Waals surface area (Å²) in [5.41, 5.74) is 0.798. The van der Waals surface area contributed by atoms with Crippen LogP contribution in [0.5, 0.6) is 5.75 Å². The van der Waals surface area contributed by atoms with Crippen LogP contribution in [0.4, 0.5) is 5.13 Å². The highest BCUT2D eigenvalue weighted by molar-refractivity contribution is 7.22. The minimum Gasteiger partial charge on any atom is -0.497 e. The molecule has 0 bridgehead atoms. The average molecular weight is 340 g/mol. The quantitative estimate of drug-likeness (QED) is 0.595. The molecule has 0 aliphatic heterocycles. The Morgan fingerprint density at radius 2 is 2.12 bits per heavy atom. The van der Waals surface area contributed by atoms with Crippen molar-refractivity contribution < 1.29 is 18.4 Å². The van der Waals surface area contributed by atoms with E-state index in [1.165, 1.54) is 11.3 Å². The van der Waals surface area contributed by atoms with E-state index < -0.39 is 0 Å². The summed E-state index contributed by atoms with van der Waals surface area (Å²) in [6, 6.07) is 12.4. The molecule has 120 valence electrons. The zero-order chi connectivity index (χ0) is 16.5. The van der Waals surface area contributed by atoms with Crippen molar-refractivity contribution in [1.82, 2.24) is 4.98 Å². The number of nitrogens with one attached hydrogen (secondary N) is 1. The molecule has 1 amide bonds. The van der Waals surface area contributed by atoms with Crippen molar-refractivity contribution in [3.63, 3.8) is 0 Å². The van der Waals surface area contributed by atoms with Gasteiger partial charge in [0.25, 0.3) is 5.91 Å². The van der Waals surface area contributed by atoms with Gasteiger partial charge in [-0.1, -0.05) is 11.3 Å². The van der Waals surface area contributed by atoms with Crippen molar-refractivity contribution in [2.75, 3.05) is 12.4 Å². The van der Waals surface area contributed by atoms with Crippen molar-refractivity contribution in [2.45, 2.75) is 0 Å². The molecule has 0 unspecified atom stereocenters. The number of fused-ring (bicyclic) bond motifs is 1. The second-order valence-corrected chi connectivity index (χ2v) is 5.98. The second kappa shape index (κ2) is 5.86. The first kappa shape index (κ1) is 14.5. The van der Waals surface area contributed by atoms with Gasteiger partial charge >= 0.3 is 0 Å². The third kappa shape index (κ3) is 2.65. The molecule has 1 aromatic carbocycles. The summed E-state index contributed by atoms with van der Waals surface area (Å²) in [6.45, 7) is 0. The van der Waals surface area contributed by atoms with E-state index in [1.54, 1.807) is 37.6 Å². The first-order valence-corrected chi connectivity index (χ1v) is 7.94. The molecule has 24 heavy (non-hydrogen) atoms. The van der Waals surface area contributed by atoms with Crippen LogP contribution in [-0.2, 0) is 0 Å². The van der Waals surface area contributed by atoms with E-state index in [-0.39, 0.29) is 11.7 Å². The maximum Gasteiger partial charge on any atom is 0.293 e. The Morgan fingerprint density at radius 1 is 1.21 bits per heavy atom.